The summed E-state index contributed by atoms with van der Waals surface area (Å²) in [5.41, 5.74) is 0.791. The zero-order valence-electron chi connectivity index (χ0n) is 10.6. The summed E-state index contributed by atoms with van der Waals surface area (Å²) in [5.74, 6) is 0.123. The van der Waals surface area contributed by atoms with Gasteiger partial charge in [-0.05, 0) is 28.9 Å². The van der Waals surface area contributed by atoms with Crippen molar-refractivity contribution in [1.29, 1.82) is 0 Å². The molecule has 19 heavy (non-hydrogen) atoms. The Balaban J connectivity index is 2.18. The van der Waals surface area contributed by atoms with Crippen molar-refractivity contribution in [3.05, 3.63) is 26.1 Å². The molecule has 0 saturated heterocycles. The van der Waals surface area contributed by atoms with Gasteiger partial charge in [0.15, 0.2) is 9.48 Å². The highest BCUT2D eigenvalue weighted by Crippen LogP contribution is 2.30. The highest BCUT2D eigenvalue weighted by Gasteiger charge is 2.18. The Morgan fingerprint density at radius 1 is 1.58 bits per heavy atom. The van der Waals surface area contributed by atoms with Gasteiger partial charge < -0.3 is 9.47 Å². The summed E-state index contributed by atoms with van der Waals surface area (Å²) in [7, 11) is 3.12. The van der Waals surface area contributed by atoms with E-state index in [9.17, 15) is 4.79 Å². The van der Waals surface area contributed by atoms with Crippen molar-refractivity contribution in [2.75, 3.05) is 7.11 Å². The van der Waals surface area contributed by atoms with E-state index in [0.29, 0.717) is 15.2 Å². The van der Waals surface area contributed by atoms with Crippen molar-refractivity contribution in [3.63, 3.8) is 0 Å². The van der Waals surface area contributed by atoms with Crippen LogP contribution in [0, 0.1) is 6.92 Å². The third-order valence-corrected chi connectivity index (χ3v) is 4.08. The second-order valence-corrected chi connectivity index (χ2v) is 5.79. The number of hydrogen-bond acceptors (Lipinski definition) is 6. The molecule has 0 aliphatic carbocycles. The van der Waals surface area contributed by atoms with E-state index in [1.807, 2.05) is 13.0 Å². The van der Waals surface area contributed by atoms with Crippen LogP contribution in [0.15, 0.2) is 10.7 Å². The van der Waals surface area contributed by atoms with Crippen molar-refractivity contribution in [2.45, 2.75) is 13.5 Å². The zero-order valence-corrected chi connectivity index (χ0v) is 13.0. The number of hydrogen-bond donors (Lipinski definition) is 0. The molecule has 0 bridgehead atoms. The zero-order chi connectivity index (χ0) is 14.0. The minimum absolute atomic E-state index is 0.268. The fourth-order valence-electron chi connectivity index (χ4n) is 1.48. The number of carbonyl (C=O) groups is 1. The largest absolute Gasteiger partial charge is 0.485 e. The van der Waals surface area contributed by atoms with E-state index in [0.717, 1.165) is 10.6 Å². The van der Waals surface area contributed by atoms with Crippen LogP contribution in [0.2, 0.25) is 0 Å². The molecule has 0 N–H and O–H groups in total. The average molecular weight is 346 g/mol. The number of thiophene rings is 1. The molecule has 2 aromatic rings. The first kappa shape index (κ1) is 14.0. The summed E-state index contributed by atoms with van der Waals surface area (Å²) in [6.07, 6.45) is 0. The van der Waals surface area contributed by atoms with E-state index in [1.54, 1.807) is 11.7 Å². The number of esters is 1. The summed E-state index contributed by atoms with van der Waals surface area (Å²) in [6.45, 7) is 2.18. The standard InChI is InChI=1S/C11H12BrN3O3S/c1-6-4-8(9(19-6)11(16)17-3)18-5-7-10(12)13-14-15(7)2/h4H,5H2,1-3H3. The van der Waals surface area contributed by atoms with Crippen molar-refractivity contribution >= 4 is 33.2 Å². The fourth-order valence-corrected chi connectivity index (χ4v) is 2.80. The summed E-state index contributed by atoms with van der Waals surface area (Å²) in [6, 6.07) is 1.81. The van der Waals surface area contributed by atoms with E-state index in [4.69, 9.17) is 9.47 Å². The van der Waals surface area contributed by atoms with Crippen molar-refractivity contribution in [2.24, 2.45) is 7.05 Å². The fraction of sp³-hybridized carbons (Fsp3) is 0.364. The molecule has 0 amide bonds. The van der Waals surface area contributed by atoms with E-state index in [-0.39, 0.29) is 6.61 Å². The maximum atomic E-state index is 11.6. The van der Waals surface area contributed by atoms with Gasteiger partial charge in [0.2, 0.25) is 0 Å². The smallest absolute Gasteiger partial charge is 0.351 e. The van der Waals surface area contributed by atoms with Crippen LogP contribution in [-0.2, 0) is 18.4 Å². The average Bonchev–Trinajstić information content (AvgIpc) is 2.90. The minimum atomic E-state index is -0.393. The van der Waals surface area contributed by atoms with Crippen molar-refractivity contribution in [1.82, 2.24) is 15.0 Å². The molecule has 102 valence electrons. The quantitative estimate of drug-likeness (QED) is 0.795. The number of rotatable bonds is 4. The molecule has 0 spiro atoms. The van der Waals surface area contributed by atoms with Crippen LogP contribution in [0.25, 0.3) is 0 Å². The highest BCUT2D eigenvalue weighted by molar-refractivity contribution is 9.10. The number of aryl methyl sites for hydroxylation is 2. The Bertz CT molecular complexity index is 589. The summed E-state index contributed by atoms with van der Waals surface area (Å²) < 4.78 is 12.6. The number of ether oxygens (including phenoxy) is 2. The van der Waals surface area contributed by atoms with Crippen molar-refractivity contribution in [3.8, 4) is 5.75 Å². The van der Waals surface area contributed by atoms with E-state index in [1.165, 1.54) is 18.4 Å². The van der Waals surface area contributed by atoms with E-state index < -0.39 is 5.97 Å². The molecule has 6 nitrogen and oxygen atoms in total. The SMILES string of the molecule is COC(=O)c1sc(C)cc1OCc1c(Br)nnn1C. The van der Waals surface area contributed by atoms with Gasteiger partial charge in [0.1, 0.15) is 18.1 Å². The van der Waals surface area contributed by atoms with Gasteiger partial charge in [-0.25, -0.2) is 9.48 Å². The van der Waals surface area contributed by atoms with Gasteiger partial charge in [0, 0.05) is 11.9 Å². The molecule has 2 heterocycles. The lowest BCUT2D eigenvalue weighted by Crippen LogP contribution is -2.06. The molecular weight excluding hydrogens is 334 g/mol. The molecule has 0 saturated carbocycles. The summed E-state index contributed by atoms with van der Waals surface area (Å²) in [4.78, 5) is 13.1. The molecule has 0 aliphatic heterocycles. The van der Waals surface area contributed by atoms with Crippen LogP contribution < -0.4 is 4.74 Å². The van der Waals surface area contributed by atoms with E-state index in [2.05, 4.69) is 26.2 Å². The third kappa shape index (κ3) is 2.95. The summed E-state index contributed by atoms with van der Waals surface area (Å²) >= 11 is 4.64. The van der Waals surface area contributed by atoms with Crippen LogP contribution in [0.4, 0.5) is 0 Å². The maximum Gasteiger partial charge on any atom is 0.351 e. The lowest BCUT2D eigenvalue weighted by Gasteiger charge is -2.06. The molecule has 2 rings (SSSR count). The lowest BCUT2D eigenvalue weighted by atomic mass is 10.4. The van der Waals surface area contributed by atoms with Gasteiger partial charge in [-0.15, -0.1) is 16.4 Å². The topological polar surface area (TPSA) is 66.2 Å². The Kier molecular flexibility index (Phi) is 4.20. The maximum absolute atomic E-state index is 11.6. The Morgan fingerprint density at radius 3 is 2.89 bits per heavy atom. The monoisotopic (exact) mass is 345 g/mol. The molecule has 8 heteroatoms. The molecule has 0 radical (unpaired) electrons. The molecule has 0 aromatic carbocycles. The minimum Gasteiger partial charge on any atom is -0.485 e. The molecule has 0 atom stereocenters. The Hall–Kier alpha value is -1.41. The van der Waals surface area contributed by atoms with Gasteiger partial charge in [-0.2, -0.15) is 0 Å². The Labute approximate surface area is 122 Å². The highest BCUT2D eigenvalue weighted by atomic mass is 79.9. The normalized spacial score (nSPS) is 10.5. The molecule has 2 aromatic heterocycles. The van der Waals surface area contributed by atoms with Crippen LogP contribution in [0.5, 0.6) is 5.75 Å². The predicted octanol–water partition coefficient (Wildman–Crippen LogP) is 2.31. The van der Waals surface area contributed by atoms with Crippen LogP contribution in [0.3, 0.4) is 0 Å². The second-order valence-electron chi connectivity index (χ2n) is 3.78. The second kappa shape index (κ2) is 5.70. The molecular formula is C11H12BrN3O3S. The van der Waals surface area contributed by atoms with Crippen LogP contribution in [-0.4, -0.2) is 28.1 Å². The number of methoxy groups -OCH3 is 1. The first-order valence-electron chi connectivity index (χ1n) is 5.38. The van der Waals surface area contributed by atoms with Crippen LogP contribution >= 0.6 is 27.3 Å². The lowest BCUT2D eigenvalue weighted by molar-refractivity contribution is 0.0601. The van der Waals surface area contributed by atoms with Gasteiger partial charge in [0.05, 0.1) is 7.11 Å². The number of aromatic nitrogens is 3. The number of carbonyl (C=O) groups excluding carboxylic acids is 1. The van der Waals surface area contributed by atoms with Gasteiger partial charge in [-0.1, -0.05) is 5.21 Å². The van der Waals surface area contributed by atoms with E-state index >= 15 is 0 Å². The molecule has 0 aliphatic rings. The van der Waals surface area contributed by atoms with Gasteiger partial charge >= 0.3 is 5.97 Å². The number of nitrogens with zero attached hydrogens (tertiary/aromatic N) is 3. The van der Waals surface area contributed by atoms with Crippen molar-refractivity contribution < 1.29 is 14.3 Å². The first-order valence-corrected chi connectivity index (χ1v) is 6.99. The predicted molar refractivity (Wildman–Crippen MR) is 73.4 cm³/mol. The van der Waals surface area contributed by atoms with Crippen LogP contribution in [0.1, 0.15) is 20.2 Å². The first-order chi connectivity index (χ1) is 9.02. The van der Waals surface area contributed by atoms with Gasteiger partial charge in [-0.3, -0.25) is 0 Å². The van der Waals surface area contributed by atoms with Gasteiger partial charge in [0.25, 0.3) is 0 Å². The Morgan fingerprint density at radius 2 is 2.32 bits per heavy atom. The summed E-state index contributed by atoms with van der Waals surface area (Å²) in [5, 5.41) is 7.73. The third-order valence-electron chi connectivity index (χ3n) is 2.45. The molecule has 0 unspecified atom stereocenters. The number of halogens is 1. The molecule has 0 fully saturated rings.